The van der Waals surface area contributed by atoms with Gasteiger partial charge in [-0.25, -0.2) is 0 Å². The summed E-state index contributed by atoms with van der Waals surface area (Å²) in [6.45, 7) is 4.84. The predicted molar refractivity (Wildman–Crippen MR) is 91.8 cm³/mol. The number of anilines is 1. The summed E-state index contributed by atoms with van der Waals surface area (Å²) in [5.74, 6) is 1.19. The molecule has 7 nitrogen and oxygen atoms in total. The Morgan fingerprint density at radius 3 is 2.54 bits per heavy atom. The molecule has 0 spiro atoms. The molecule has 1 aliphatic rings. The van der Waals surface area contributed by atoms with Gasteiger partial charge in [0.25, 0.3) is 0 Å². The molecule has 0 unspecified atom stereocenters. The number of aromatic nitrogens is 2. The summed E-state index contributed by atoms with van der Waals surface area (Å²) in [5.41, 5.74) is 1.02. The smallest absolute Gasteiger partial charge is 0.378 e. The van der Waals surface area contributed by atoms with Gasteiger partial charge in [-0.05, 0) is 27.6 Å². The standard InChI is InChI=1S/C16H19ClN4O3/c1-2-14-18-15(21(22)23)16(19-7-9-24-10-8-19)20(14)11-12-3-5-13(17)6-4-12/h3-6H,2,7-11H2,1H3. The van der Waals surface area contributed by atoms with E-state index in [4.69, 9.17) is 16.3 Å². The fraction of sp³-hybridized carbons (Fsp3) is 0.438. The summed E-state index contributed by atoms with van der Waals surface area (Å²) in [6, 6.07) is 7.50. The van der Waals surface area contributed by atoms with Crippen molar-refractivity contribution in [3.8, 4) is 0 Å². The van der Waals surface area contributed by atoms with E-state index in [1.807, 2.05) is 40.7 Å². The zero-order valence-corrected chi connectivity index (χ0v) is 14.2. The number of hydrogen-bond donors (Lipinski definition) is 0. The van der Waals surface area contributed by atoms with E-state index in [1.54, 1.807) is 0 Å². The van der Waals surface area contributed by atoms with E-state index < -0.39 is 4.92 Å². The van der Waals surface area contributed by atoms with Gasteiger partial charge in [-0.2, -0.15) is 0 Å². The Labute approximate surface area is 145 Å². The van der Waals surface area contributed by atoms with Gasteiger partial charge in [0.1, 0.15) is 0 Å². The Morgan fingerprint density at radius 1 is 1.29 bits per heavy atom. The molecule has 1 fully saturated rings. The highest BCUT2D eigenvalue weighted by atomic mass is 35.5. The van der Waals surface area contributed by atoms with Gasteiger partial charge in [0.05, 0.1) is 19.8 Å². The lowest BCUT2D eigenvalue weighted by atomic mass is 10.2. The number of halogens is 1. The third kappa shape index (κ3) is 3.37. The number of nitro groups is 1. The summed E-state index contributed by atoms with van der Waals surface area (Å²) in [5, 5.41) is 12.2. The zero-order valence-electron chi connectivity index (χ0n) is 13.4. The monoisotopic (exact) mass is 350 g/mol. The highest BCUT2D eigenvalue weighted by Gasteiger charge is 2.31. The van der Waals surface area contributed by atoms with E-state index in [1.165, 1.54) is 0 Å². The summed E-state index contributed by atoms with van der Waals surface area (Å²) in [4.78, 5) is 17.4. The van der Waals surface area contributed by atoms with Crippen molar-refractivity contribution in [3.05, 3.63) is 50.8 Å². The summed E-state index contributed by atoms with van der Waals surface area (Å²) in [6.07, 6.45) is 0.624. The SMILES string of the molecule is CCc1nc([N+](=O)[O-])c(N2CCOCC2)n1Cc1ccc(Cl)cc1. The lowest BCUT2D eigenvalue weighted by molar-refractivity contribution is -0.388. The maximum Gasteiger partial charge on any atom is 0.406 e. The molecule has 0 N–H and O–H groups in total. The summed E-state index contributed by atoms with van der Waals surface area (Å²) in [7, 11) is 0. The van der Waals surface area contributed by atoms with Gasteiger partial charge in [0.2, 0.25) is 11.6 Å². The number of hydrogen-bond acceptors (Lipinski definition) is 5. The van der Waals surface area contributed by atoms with Crippen LogP contribution in [-0.2, 0) is 17.7 Å². The fourth-order valence-corrected chi connectivity index (χ4v) is 3.02. The van der Waals surface area contributed by atoms with Crippen molar-refractivity contribution >= 4 is 23.2 Å². The second-order valence-electron chi connectivity index (χ2n) is 5.60. The fourth-order valence-electron chi connectivity index (χ4n) is 2.89. The molecule has 0 aliphatic carbocycles. The quantitative estimate of drug-likeness (QED) is 0.612. The molecule has 1 aromatic heterocycles. The third-order valence-electron chi connectivity index (χ3n) is 4.06. The average Bonchev–Trinajstić information content (AvgIpc) is 2.96. The number of imidazole rings is 1. The van der Waals surface area contributed by atoms with Crippen molar-refractivity contribution in [1.29, 1.82) is 0 Å². The molecule has 1 saturated heterocycles. The molecule has 0 atom stereocenters. The number of ether oxygens (including phenoxy) is 1. The molecule has 1 aromatic carbocycles. The van der Waals surface area contributed by atoms with Crippen LogP contribution in [0.2, 0.25) is 5.02 Å². The lowest BCUT2D eigenvalue weighted by Gasteiger charge is -2.28. The Balaban J connectivity index is 2.04. The lowest BCUT2D eigenvalue weighted by Crippen LogP contribution is -2.38. The van der Waals surface area contributed by atoms with Crippen molar-refractivity contribution in [2.24, 2.45) is 0 Å². The predicted octanol–water partition coefficient (Wildman–Crippen LogP) is 2.89. The van der Waals surface area contributed by atoms with E-state index in [2.05, 4.69) is 4.98 Å². The molecule has 128 valence electrons. The number of nitrogens with zero attached hydrogens (tertiary/aromatic N) is 4. The summed E-state index contributed by atoms with van der Waals surface area (Å²) >= 11 is 5.94. The highest BCUT2D eigenvalue weighted by molar-refractivity contribution is 6.30. The first-order chi connectivity index (χ1) is 11.6. The molecule has 0 saturated carbocycles. The molecule has 1 aliphatic heterocycles. The molecular formula is C16H19ClN4O3. The first-order valence-corrected chi connectivity index (χ1v) is 8.29. The minimum Gasteiger partial charge on any atom is -0.378 e. The van der Waals surface area contributed by atoms with Crippen LogP contribution in [-0.4, -0.2) is 40.8 Å². The average molecular weight is 351 g/mol. The van der Waals surface area contributed by atoms with Gasteiger partial charge >= 0.3 is 5.82 Å². The first-order valence-electron chi connectivity index (χ1n) is 7.91. The molecule has 8 heteroatoms. The maximum atomic E-state index is 11.5. The van der Waals surface area contributed by atoms with Crippen molar-refractivity contribution in [1.82, 2.24) is 9.55 Å². The molecule has 2 heterocycles. The van der Waals surface area contributed by atoms with Crippen molar-refractivity contribution in [3.63, 3.8) is 0 Å². The van der Waals surface area contributed by atoms with E-state index in [9.17, 15) is 10.1 Å². The first kappa shape index (κ1) is 16.7. The van der Waals surface area contributed by atoms with E-state index in [0.29, 0.717) is 55.9 Å². The van der Waals surface area contributed by atoms with Crippen LogP contribution in [0.5, 0.6) is 0 Å². The van der Waals surface area contributed by atoms with Crippen LogP contribution < -0.4 is 4.90 Å². The largest absolute Gasteiger partial charge is 0.406 e. The maximum absolute atomic E-state index is 11.5. The van der Waals surface area contributed by atoms with Crippen molar-refractivity contribution < 1.29 is 9.66 Å². The Hall–Kier alpha value is -2.12. The van der Waals surface area contributed by atoms with E-state index in [-0.39, 0.29) is 5.82 Å². The van der Waals surface area contributed by atoms with Crippen LogP contribution in [0, 0.1) is 10.1 Å². The van der Waals surface area contributed by atoms with Crippen LogP contribution in [0.4, 0.5) is 11.6 Å². The van der Waals surface area contributed by atoms with Gasteiger partial charge < -0.3 is 19.8 Å². The second kappa shape index (κ2) is 7.19. The molecule has 0 amide bonds. The molecular weight excluding hydrogens is 332 g/mol. The topological polar surface area (TPSA) is 73.4 Å². The van der Waals surface area contributed by atoms with Crippen molar-refractivity contribution in [2.75, 3.05) is 31.2 Å². The van der Waals surface area contributed by atoms with E-state index >= 15 is 0 Å². The molecule has 0 bridgehead atoms. The van der Waals surface area contributed by atoms with Gasteiger partial charge in [-0.1, -0.05) is 30.7 Å². The molecule has 24 heavy (non-hydrogen) atoms. The Kier molecular flexibility index (Phi) is 5.01. The highest BCUT2D eigenvalue weighted by Crippen LogP contribution is 2.31. The molecule has 3 rings (SSSR count). The van der Waals surface area contributed by atoms with E-state index in [0.717, 1.165) is 5.56 Å². The number of rotatable bonds is 5. The van der Waals surface area contributed by atoms with Crippen LogP contribution in [0.1, 0.15) is 18.3 Å². The van der Waals surface area contributed by atoms with Crippen LogP contribution in [0.15, 0.2) is 24.3 Å². The third-order valence-corrected chi connectivity index (χ3v) is 4.31. The summed E-state index contributed by atoms with van der Waals surface area (Å²) < 4.78 is 7.31. The minimum absolute atomic E-state index is 0.0808. The molecule has 0 radical (unpaired) electrons. The van der Waals surface area contributed by atoms with Gasteiger partial charge in [-0.15, -0.1) is 0 Å². The normalized spacial score (nSPS) is 14.8. The number of aryl methyl sites for hydroxylation is 1. The molecule has 2 aromatic rings. The van der Waals surface area contributed by atoms with Crippen molar-refractivity contribution in [2.45, 2.75) is 19.9 Å². The van der Waals surface area contributed by atoms with Gasteiger partial charge in [0, 0.05) is 24.5 Å². The minimum atomic E-state index is -0.400. The Morgan fingerprint density at radius 2 is 1.96 bits per heavy atom. The Bertz CT molecular complexity index is 724. The van der Waals surface area contributed by atoms with Crippen LogP contribution in [0.25, 0.3) is 0 Å². The van der Waals surface area contributed by atoms with Gasteiger partial charge in [-0.3, -0.25) is 4.57 Å². The zero-order chi connectivity index (χ0) is 17.1. The van der Waals surface area contributed by atoms with Crippen LogP contribution in [0.3, 0.4) is 0 Å². The van der Waals surface area contributed by atoms with Crippen LogP contribution >= 0.6 is 11.6 Å². The van der Waals surface area contributed by atoms with Gasteiger partial charge in [0.15, 0.2) is 0 Å². The second-order valence-corrected chi connectivity index (χ2v) is 6.03. The number of morpholine rings is 1. The number of benzene rings is 1.